The molecular formula is C23H36N2O5. The van der Waals surface area contributed by atoms with Crippen LogP contribution in [0.3, 0.4) is 0 Å². The highest BCUT2D eigenvalue weighted by atomic mass is 16.5. The highest BCUT2D eigenvalue weighted by molar-refractivity contribution is 5.99. The summed E-state index contributed by atoms with van der Waals surface area (Å²) in [5.74, 6) is -0.723. The van der Waals surface area contributed by atoms with Gasteiger partial charge in [-0.25, -0.2) is 0 Å². The molecule has 0 saturated carbocycles. The number of amides is 1. The van der Waals surface area contributed by atoms with Crippen molar-refractivity contribution >= 4 is 17.7 Å². The largest absolute Gasteiger partial charge is 0.457 e. The van der Waals surface area contributed by atoms with Gasteiger partial charge in [0.25, 0.3) is 0 Å². The van der Waals surface area contributed by atoms with Gasteiger partial charge in [0.05, 0.1) is 18.6 Å². The van der Waals surface area contributed by atoms with Crippen molar-refractivity contribution in [3.05, 3.63) is 23.0 Å². The molecule has 1 aromatic rings. The summed E-state index contributed by atoms with van der Waals surface area (Å²) in [5, 5.41) is 0. The van der Waals surface area contributed by atoms with E-state index in [1.807, 2.05) is 52.5 Å². The number of likely N-dealkylation sites (tertiary alicyclic amines) is 1. The number of nitrogens with zero attached hydrogens (tertiary/aromatic N) is 2. The van der Waals surface area contributed by atoms with Crippen LogP contribution in [-0.4, -0.2) is 60.5 Å². The number of esters is 1. The Labute approximate surface area is 179 Å². The molecule has 1 unspecified atom stereocenters. The van der Waals surface area contributed by atoms with E-state index in [1.54, 1.807) is 7.11 Å². The summed E-state index contributed by atoms with van der Waals surface area (Å²) in [4.78, 5) is 39.3. The maximum absolute atomic E-state index is 12.7. The minimum absolute atomic E-state index is 0.0996. The van der Waals surface area contributed by atoms with Crippen LogP contribution in [0.1, 0.15) is 68.3 Å². The minimum Gasteiger partial charge on any atom is -0.457 e. The van der Waals surface area contributed by atoms with E-state index in [-0.39, 0.29) is 36.2 Å². The summed E-state index contributed by atoms with van der Waals surface area (Å²) < 4.78 is 12.6. The van der Waals surface area contributed by atoms with Gasteiger partial charge in [-0.05, 0) is 39.7 Å². The van der Waals surface area contributed by atoms with Gasteiger partial charge in [0.15, 0.2) is 6.61 Å². The Morgan fingerprint density at radius 2 is 1.77 bits per heavy atom. The molecule has 1 aromatic heterocycles. The lowest BCUT2D eigenvalue weighted by Crippen LogP contribution is -2.45. The highest BCUT2D eigenvalue weighted by Crippen LogP contribution is 2.25. The van der Waals surface area contributed by atoms with Crippen LogP contribution >= 0.6 is 0 Å². The Hall–Kier alpha value is -2.15. The Morgan fingerprint density at radius 3 is 2.30 bits per heavy atom. The first kappa shape index (κ1) is 24.1. The fourth-order valence-electron chi connectivity index (χ4n) is 4.18. The third-order valence-electron chi connectivity index (χ3n) is 5.74. The van der Waals surface area contributed by atoms with E-state index < -0.39 is 5.41 Å². The van der Waals surface area contributed by atoms with Crippen molar-refractivity contribution in [2.24, 2.45) is 11.3 Å². The van der Waals surface area contributed by atoms with E-state index in [1.165, 1.54) is 0 Å². The quantitative estimate of drug-likeness (QED) is 0.499. The van der Waals surface area contributed by atoms with Crippen molar-refractivity contribution in [3.8, 4) is 0 Å². The van der Waals surface area contributed by atoms with Gasteiger partial charge in [0.1, 0.15) is 0 Å². The minimum atomic E-state index is -0.424. The fraction of sp³-hybridized carbons (Fsp3) is 0.696. The number of methoxy groups -OCH3 is 1. The number of ether oxygens (including phenoxy) is 2. The van der Waals surface area contributed by atoms with Gasteiger partial charge in [-0.3, -0.25) is 14.4 Å². The predicted molar refractivity (Wildman–Crippen MR) is 115 cm³/mol. The lowest BCUT2D eigenvalue weighted by molar-refractivity contribution is -0.152. The van der Waals surface area contributed by atoms with Crippen LogP contribution < -0.4 is 0 Å². The molecule has 1 amide bonds. The molecule has 7 heteroatoms. The predicted octanol–water partition coefficient (Wildman–Crippen LogP) is 3.32. The van der Waals surface area contributed by atoms with Crippen molar-refractivity contribution in [2.75, 3.05) is 33.4 Å². The third-order valence-corrected chi connectivity index (χ3v) is 5.74. The molecule has 0 aliphatic carbocycles. The molecule has 1 atom stereocenters. The smallest absolute Gasteiger partial charge is 0.309 e. The molecule has 2 rings (SSSR count). The van der Waals surface area contributed by atoms with Crippen LogP contribution in [0.25, 0.3) is 0 Å². The second kappa shape index (κ2) is 9.77. The topological polar surface area (TPSA) is 77.8 Å². The SMILES string of the molecule is COCC(C)n1c(C)cc(C(=O)COC(=O)C2CCN(C(=O)C(C)(C)C)CC2)c1C. The molecule has 0 bridgehead atoms. The summed E-state index contributed by atoms with van der Waals surface area (Å²) in [7, 11) is 1.65. The molecular weight excluding hydrogens is 384 g/mol. The number of rotatable bonds is 7. The summed E-state index contributed by atoms with van der Waals surface area (Å²) in [6.07, 6.45) is 1.13. The van der Waals surface area contributed by atoms with Crippen molar-refractivity contribution in [3.63, 3.8) is 0 Å². The van der Waals surface area contributed by atoms with Crippen molar-refractivity contribution in [2.45, 2.75) is 60.4 Å². The molecule has 7 nitrogen and oxygen atoms in total. The second-order valence-corrected chi connectivity index (χ2v) is 9.31. The Kier molecular flexibility index (Phi) is 7.86. The van der Waals surface area contributed by atoms with Crippen molar-refractivity contribution < 1.29 is 23.9 Å². The number of aryl methyl sites for hydroxylation is 1. The number of hydrogen-bond acceptors (Lipinski definition) is 5. The van der Waals surface area contributed by atoms with Gasteiger partial charge < -0.3 is 18.9 Å². The monoisotopic (exact) mass is 420 g/mol. The van der Waals surface area contributed by atoms with E-state index in [4.69, 9.17) is 9.47 Å². The first-order valence-electron chi connectivity index (χ1n) is 10.6. The molecule has 0 N–H and O–H groups in total. The highest BCUT2D eigenvalue weighted by Gasteiger charge is 2.33. The second-order valence-electron chi connectivity index (χ2n) is 9.31. The number of aromatic nitrogens is 1. The molecule has 168 valence electrons. The van der Waals surface area contributed by atoms with Crippen LogP contribution in [-0.2, 0) is 19.1 Å². The Bertz CT molecular complexity index is 782. The van der Waals surface area contributed by atoms with Gasteiger partial charge >= 0.3 is 5.97 Å². The number of hydrogen-bond donors (Lipinski definition) is 0. The van der Waals surface area contributed by atoms with E-state index in [2.05, 4.69) is 4.57 Å². The molecule has 1 fully saturated rings. The molecule has 2 heterocycles. The normalized spacial score (nSPS) is 16.4. The van der Waals surface area contributed by atoms with Crippen LogP contribution in [0, 0.1) is 25.2 Å². The summed E-state index contributed by atoms with van der Waals surface area (Å²) in [6.45, 7) is 13.0. The number of carbonyl (C=O) groups excluding carboxylic acids is 3. The van der Waals surface area contributed by atoms with Crippen LogP contribution in [0.2, 0.25) is 0 Å². The molecule has 1 saturated heterocycles. The first-order chi connectivity index (χ1) is 14.0. The molecule has 1 aliphatic heterocycles. The molecule has 0 aromatic carbocycles. The zero-order valence-corrected chi connectivity index (χ0v) is 19.4. The number of ketones is 1. The zero-order valence-electron chi connectivity index (χ0n) is 19.4. The number of carbonyl (C=O) groups is 3. The van der Waals surface area contributed by atoms with Gasteiger partial charge in [0, 0.05) is 42.6 Å². The van der Waals surface area contributed by atoms with E-state index in [9.17, 15) is 14.4 Å². The molecule has 0 radical (unpaired) electrons. The van der Waals surface area contributed by atoms with E-state index >= 15 is 0 Å². The van der Waals surface area contributed by atoms with Crippen LogP contribution in [0.15, 0.2) is 6.07 Å². The maximum Gasteiger partial charge on any atom is 0.309 e. The molecule has 0 spiro atoms. The maximum atomic E-state index is 12.7. The Morgan fingerprint density at radius 1 is 1.17 bits per heavy atom. The van der Waals surface area contributed by atoms with Crippen LogP contribution in [0.5, 0.6) is 0 Å². The summed E-state index contributed by atoms with van der Waals surface area (Å²) >= 11 is 0. The molecule has 30 heavy (non-hydrogen) atoms. The summed E-state index contributed by atoms with van der Waals surface area (Å²) in [5.41, 5.74) is 1.98. The average molecular weight is 421 g/mol. The standard InChI is InChI=1S/C23H36N2O5/c1-15-12-19(17(3)25(15)16(2)13-29-7)20(26)14-30-21(27)18-8-10-24(11-9-18)22(28)23(4,5)6/h12,16,18H,8-11,13-14H2,1-7H3. The van der Waals surface area contributed by atoms with Gasteiger partial charge in [-0.1, -0.05) is 20.8 Å². The Balaban J connectivity index is 1.91. The van der Waals surface area contributed by atoms with E-state index in [0.717, 1.165) is 11.4 Å². The number of Topliss-reactive ketones (excluding diaryl/α,β-unsaturated/α-hetero) is 1. The van der Waals surface area contributed by atoms with Gasteiger partial charge in [-0.2, -0.15) is 0 Å². The van der Waals surface area contributed by atoms with Crippen molar-refractivity contribution in [1.29, 1.82) is 0 Å². The third kappa shape index (κ3) is 5.50. The summed E-state index contributed by atoms with van der Waals surface area (Å²) in [6, 6.07) is 1.95. The fourth-order valence-corrected chi connectivity index (χ4v) is 4.18. The van der Waals surface area contributed by atoms with Crippen molar-refractivity contribution in [1.82, 2.24) is 9.47 Å². The molecule has 1 aliphatic rings. The lowest BCUT2D eigenvalue weighted by Gasteiger charge is -2.34. The average Bonchev–Trinajstić information content (AvgIpc) is 2.99. The first-order valence-corrected chi connectivity index (χ1v) is 10.6. The van der Waals surface area contributed by atoms with Gasteiger partial charge in [-0.15, -0.1) is 0 Å². The van der Waals surface area contributed by atoms with Gasteiger partial charge in [0.2, 0.25) is 11.7 Å². The van der Waals surface area contributed by atoms with Crippen LogP contribution in [0.4, 0.5) is 0 Å². The van der Waals surface area contributed by atoms with E-state index in [0.29, 0.717) is 38.1 Å². The zero-order chi connectivity index (χ0) is 22.6. The number of piperidine rings is 1. The lowest BCUT2D eigenvalue weighted by atomic mass is 9.91.